The largest absolute Gasteiger partial charge is 0.487 e. The van der Waals surface area contributed by atoms with E-state index in [0.717, 1.165) is 69.5 Å². The van der Waals surface area contributed by atoms with E-state index < -0.39 is 0 Å². The molecular formula is C35H46N10O5. The molecule has 15 nitrogen and oxygen atoms in total. The van der Waals surface area contributed by atoms with Crippen molar-refractivity contribution in [2.24, 2.45) is 0 Å². The lowest BCUT2D eigenvalue weighted by molar-refractivity contribution is 0.00502. The number of nitrogens with one attached hydrogen (secondary N) is 1. The number of anilines is 2. The van der Waals surface area contributed by atoms with Gasteiger partial charge in [-0.05, 0) is 50.3 Å². The minimum atomic E-state index is -0.234. The number of benzene rings is 1. The van der Waals surface area contributed by atoms with Crippen LogP contribution in [0.25, 0.3) is 11.1 Å². The number of rotatable bonds is 17. The van der Waals surface area contributed by atoms with Crippen molar-refractivity contribution in [1.82, 2.24) is 39.4 Å². The van der Waals surface area contributed by atoms with Gasteiger partial charge >= 0.3 is 0 Å². The van der Waals surface area contributed by atoms with E-state index in [4.69, 9.17) is 28.8 Å². The third-order valence-corrected chi connectivity index (χ3v) is 8.98. The first-order valence-electron chi connectivity index (χ1n) is 17.3. The van der Waals surface area contributed by atoms with Crippen molar-refractivity contribution in [3.63, 3.8) is 0 Å². The predicted molar refractivity (Wildman–Crippen MR) is 184 cm³/mol. The first-order chi connectivity index (χ1) is 24.6. The fourth-order valence-electron chi connectivity index (χ4n) is 6.36. The summed E-state index contributed by atoms with van der Waals surface area (Å²) in [7, 11) is 1.66. The van der Waals surface area contributed by atoms with Crippen LogP contribution in [0.15, 0.2) is 49.4 Å². The molecule has 0 spiro atoms. The number of nitriles is 1. The summed E-state index contributed by atoms with van der Waals surface area (Å²) in [6, 6.07) is 8.55. The lowest BCUT2D eigenvalue weighted by Gasteiger charge is -2.38. The number of morpholine rings is 1. The van der Waals surface area contributed by atoms with E-state index in [9.17, 15) is 5.26 Å². The number of hydrogen-bond acceptors (Lipinski definition) is 13. The van der Waals surface area contributed by atoms with E-state index in [1.165, 1.54) is 6.33 Å². The van der Waals surface area contributed by atoms with Crippen LogP contribution in [0.5, 0.6) is 11.6 Å². The maximum absolute atomic E-state index is 9.69. The molecule has 1 atom stereocenters. The van der Waals surface area contributed by atoms with Crippen LogP contribution in [0.4, 0.5) is 11.6 Å². The van der Waals surface area contributed by atoms with E-state index in [0.29, 0.717) is 67.8 Å². The van der Waals surface area contributed by atoms with E-state index in [1.54, 1.807) is 36.6 Å². The van der Waals surface area contributed by atoms with Gasteiger partial charge in [0.25, 0.3) is 5.88 Å². The molecule has 2 fully saturated rings. The summed E-state index contributed by atoms with van der Waals surface area (Å²) in [6.07, 6.45) is 13.5. The fourth-order valence-corrected chi connectivity index (χ4v) is 6.36. The Bertz CT molecular complexity index is 1650. The SMILES string of the molecule is COCCOCCCOc1nn(C2CCC(N3CCOCC3)CC2)cc1Nc1ncc(-c2ccc(C#N)c(O[C@@H](C)Cn3cncn3)c2)cn1. The van der Waals surface area contributed by atoms with Crippen molar-refractivity contribution in [2.45, 2.75) is 63.8 Å². The van der Waals surface area contributed by atoms with Crippen LogP contribution < -0.4 is 14.8 Å². The highest BCUT2D eigenvalue weighted by molar-refractivity contribution is 5.67. The summed E-state index contributed by atoms with van der Waals surface area (Å²) < 4.78 is 32.2. The first-order valence-corrected chi connectivity index (χ1v) is 17.3. The van der Waals surface area contributed by atoms with Gasteiger partial charge in [0.2, 0.25) is 5.95 Å². The highest BCUT2D eigenvalue weighted by atomic mass is 16.5. The van der Waals surface area contributed by atoms with E-state index in [-0.39, 0.29) is 12.1 Å². The zero-order chi connectivity index (χ0) is 34.5. The van der Waals surface area contributed by atoms with Crippen LogP contribution in [-0.4, -0.2) is 111 Å². The molecule has 4 heterocycles. The van der Waals surface area contributed by atoms with Gasteiger partial charge in [0.05, 0.1) is 57.4 Å². The average Bonchev–Trinajstić information content (AvgIpc) is 3.82. The molecule has 1 saturated heterocycles. The van der Waals surface area contributed by atoms with Crippen LogP contribution in [0.2, 0.25) is 0 Å². The molecule has 1 N–H and O–H groups in total. The summed E-state index contributed by atoms with van der Waals surface area (Å²) in [5.74, 6) is 1.42. The van der Waals surface area contributed by atoms with Crippen molar-refractivity contribution in [3.8, 4) is 28.8 Å². The van der Waals surface area contributed by atoms with Gasteiger partial charge in [0.1, 0.15) is 36.3 Å². The molecule has 50 heavy (non-hydrogen) atoms. The molecule has 1 aliphatic carbocycles. The van der Waals surface area contributed by atoms with Crippen LogP contribution in [0.1, 0.15) is 50.6 Å². The minimum absolute atomic E-state index is 0.234. The second-order valence-electron chi connectivity index (χ2n) is 12.5. The predicted octanol–water partition coefficient (Wildman–Crippen LogP) is 4.26. The highest BCUT2D eigenvalue weighted by Crippen LogP contribution is 2.35. The number of ether oxygens (including phenoxy) is 5. The van der Waals surface area contributed by atoms with Crippen LogP contribution in [0.3, 0.4) is 0 Å². The lowest BCUT2D eigenvalue weighted by Crippen LogP contribution is -2.45. The normalized spacial score (nSPS) is 18.7. The van der Waals surface area contributed by atoms with Crippen LogP contribution in [-0.2, 0) is 20.8 Å². The summed E-state index contributed by atoms with van der Waals surface area (Å²) in [5, 5.41) is 22.0. The van der Waals surface area contributed by atoms with Gasteiger partial charge in [-0.3, -0.25) is 9.58 Å². The van der Waals surface area contributed by atoms with Crippen molar-refractivity contribution in [3.05, 3.63) is 55.0 Å². The lowest BCUT2D eigenvalue weighted by atomic mass is 9.90. The number of nitrogens with zero attached hydrogens (tertiary/aromatic N) is 9. The summed E-state index contributed by atoms with van der Waals surface area (Å²) in [5.41, 5.74) is 2.77. The number of hydrogen-bond donors (Lipinski definition) is 1. The Balaban J connectivity index is 1.12. The van der Waals surface area contributed by atoms with Gasteiger partial charge in [-0.2, -0.15) is 10.4 Å². The van der Waals surface area contributed by atoms with Gasteiger partial charge < -0.3 is 29.0 Å². The average molecular weight is 687 g/mol. The second kappa shape index (κ2) is 17.9. The first kappa shape index (κ1) is 35.2. The molecule has 2 aliphatic rings. The van der Waals surface area contributed by atoms with E-state index in [2.05, 4.69) is 36.3 Å². The van der Waals surface area contributed by atoms with Crippen molar-refractivity contribution in [1.29, 1.82) is 5.26 Å². The minimum Gasteiger partial charge on any atom is -0.487 e. The standard InChI is InChI=1S/C35H46N10O5/c1-26(22-44-25-37-24-40-44)50-33-18-27(4-5-28(33)19-36)29-20-38-35(39-21-29)41-32-23-45(42-34(32)49-13-3-12-47-17-16-46-2)31-8-6-30(7-9-31)43-10-14-48-15-11-43/h4-5,18,20-21,23-26,30-31H,3,6-17,22H2,1-2H3,(H,38,39,41)/t26-,30?,31?/m0/s1. The number of aromatic nitrogens is 7. The Morgan fingerprint density at radius 3 is 2.56 bits per heavy atom. The highest BCUT2D eigenvalue weighted by Gasteiger charge is 2.29. The monoisotopic (exact) mass is 686 g/mol. The third-order valence-electron chi connectivity index (χ3n) is 8.98. The van der Waals surface area contributed by atoms with Crippen LogP contribution in [0, 0.1) is 11.3 Å². The van der Waals surface area contributed by atoms with Crippen molar-refractivity contribution >= 4 is 11.6 Å². The van der Waals surface area contributed by atoms with Crippen LogP contribution >= 0.6 is 0 Å². The molecule has 15 heteroatoms. The Labute approximate surface area is 292 Å². The Morgan fingerprint density at radius 1 is 1.02 bits per heavy atom. The second-order valence-corrected chi connectivity index (χ2v) is 12.5. The van der Waals surface area contributed by atoms with Gasteiger partial charge in [0.15, 0.2) is 0 Å². The molecule has 1 aromatic carbocycles. The molecular weight excluding hydrogens is 640 g/mol. The summed E-state index contributed by atoms with van der Waals surface area (Å²) >= 11 is 0. The molecule has 4 aromatic rings. The maximum atomic E-state index is 9.69. The molecule has 0 amide bonds. The molecule has 6 rings (SSSR count). The quantitative estimate of drug-likeness (QED) is 0.157. The molecule has 0 bridgehead atoms. The van der Waals surface area contributed by atoms with Crippen molar-refractivity contribution in [2.75, 3.05) is 65.2 Å². The molecule has 266 valence electrons. The smallest absolute Gasteiger partial charge is 0.256 e. The fraction of sp³-hybridized carbons (Fsp3) is 0.543. The Morgan fingerprint density at radius 2 is 1.82 bits per heavy atom. The van der Waals surface area contributed by atoms with Gasteiger partial charge in [-0.1, -0.05) is 6.07 Å². The molecule has 0 unspecified atom stereocenters. The summed E-state index contributed by atoms with van der Waals surface area (Å²) in [6.45, 7) is 8.25. The molecule has 1 saturated carbocycles. The zero-order valence-electron chi connectivity index (χ0n) is 28.8. The topological polar surface area (TPSA) is 160 Å². The van der Waals surface area contributed by atoms with Gasteiger partial charge in [0, 0.05) is 57.2 Å². The Kier molecular flexibility index (Phi) is 12.6. The van der Waals surface area contributed by atoms with E-state index >= 15 is 0 Å². The van der Waals surface area contributed by atoms with E-state index in [1.807, 2.05) is 29.9 Å². The molecule has 1 aliphatic heterocycles. The van der Waals surface area contributed by atoms with Crippen molar-refractivity contribution < 1.29 is 23.7 Å². The maximum Gasteiger partial charge on any atom is 0.256 e. The summed E-state index contributed by atoms with van der Waals surface area (Å²) in [4.78, 5) is 15.8. The van der Waals surface area contributed by atoms with Gasteiger partial charge in [-0.15, -0.1) is 5.10 Å². The zero-order valence-corrected chi connectivity index (χ0v) is 28.8. The molecule has 0 radical (unpaired) electrons. The van der Waals surface area contributed by atoms with Gasteiger partial charge in [-0.25, -0.2) is 19.6 Å². The Hall–Kier alpha value is -4.62. The number of methoxy groups -OCH3 is 1. The third kappa shape index (κ3) is 9.54. The molecule has 3 aromatic heterocycles.